The SMILES string of the molecule is CC(C)CCOC1CCCCC1I. The number of ether oxygens (including phenoxy) is 1. The van der Waals surface area contributed by atoms with E-state index in [9.17, 15) is 0 Å². The summed E-state index contributed by atoms with van der Waals surface area (Å²) in [7, 11) is 0. The van der Waals surface area contributed by atoms with E-state index in [1.807, 2.05) is 0 Å². The third-order valence-corrected chi connectivity index (χ3v) is 4.07. The first-order valence-corrected chi connectivity index (χ1v) is 6.70. The van der Waals surface area contributed by atoms with Crippen LogP contribution in [0.4, 0.5) is 0 Å². The first-order chi connectivity index (χ1) is 6.20. The zero-order valence-corrected chi connectivity index (χ0v) is 10.9. The van der Waals surface area contributed by atoms with E-state index in [2.05, 4.69) is 36.4 Å². The fourth-order valence-electron chi connectivity index (χ4n) is 1.69. The van der Waals surface area contributed by atoms with Crippen LogP contribution in [-0.4, -0.2) is 16.6 Å². The zero-order valence-electron chi connectivity index (χ0n) is 8.76. The quantitative estimate of drug-likeness (QED) is 0.566. The lowest BCUT2D eigenvalue weighted by molar-refractivity contribution is 0.0306. The van der Waals surface area contributed by atoms with Crippen LogP contribution in [0.5, 0.6) is 0 Å². The summed E-state index contributed by atoms with van der Waals surface area (Å²) in [5.41, 5.74) is 0. The summed E-state index contributed by atoms with van der Waals surface area (Å²) in [5.74, 6) is 0.774. The van der Waals surface area contributed by atoms with Gasteiger partial charge in [-0.05, 0) is 25.2 Å². The molecule has 1 nitrogen and oxygen atoms in total. The Bertz CT molecular complexity index is 136. The number of hydrogen-bond acceptors (Lipinski definition) is 1. The standard InChI is InChI=1S/C11H21IO/c1-9(2)7-8-13-11-6-4-3-5-10(11)12/h9-11H,3-8H2,1-2H3. The smallest absolute Gasteiger partial charge is 0.0692 e. The first kappa shape index (κ1) is 11.8. The lowest BCUT2D eigenvalue weighted by atomic mass is 9.97. The monoisotopic (exact) mass is 296 g/mol. The highest BCUT2D eigenvalue weighted by molar-refractivity contribution is 14.1. The van der Waals surface area contributed by atoms with Gasteiger partial charge in [0.1, 0.15) is 0 Å². The van der Waals surface area contributed by atoms with Crippen molar-refractivity contribution in [1.29, 1.82) is 0 Å². The molecule has 2 atom stereocenters. The van der Waals surface area contributed by atoms with Gasteiger partial charge in [-0.3, -0.25) is 0 Å². The normalized spacial score (nSPS) is 29.5. The number of rotatable bonds is 4. The summed E-state index contributed by atoms with van der Waals surface area (Å²) in [5, 5.41) is 0. The summed E-state index contributed by atoms with van der Waals surface area (Å²) in [6, 6.07) is 0. The molecule has 0 aromatic heterocycles. The second kappa shape index (κ2) is 6.23. The highest BCUT2D eigenvalue weighted by Crippen LogP contribution is 2.27. The molecule has 0 radical (unpaired) electrons. The van der Waals surface area contributed by atoms with Crippen LogP contribution in [0.15, 0.2) is 0 Å². The van der Waals surface area contributed by atoms with Crippen molar-refractivity contribution in [2.75, 3.05) is 6.61 Å². The van der Waals surface area contributed by atoms with Crippen molar-refractivity contribution >= 4 is 22.6 Å². The van der Waals surface area contributed by atoms with Crippen LogP contribution in [0.1, 0.15) is 46.0 Å². The van der Waals surface area contributed by atoms with Gasteiger partial charge in [-0.25, -0.2) is 0 Å². The maximum atomic E-state index is 5.90. The predicted octanol–water partition coefficient (Wildman–Crippen LogP) is 3.80. The second-order valence-corrected chi connectivity index (χ2v) is 5.99. The molecular weight excluding hydrogens is 275 g/mol. The van der Waals surface area contributed by atoms with Gasteiger partial charge in [0.15, 0.2) is 0 Å². The van der Waals surface area contributed by atoms with Gasteiger partial charge in [0.25, 0.3) is 0 Å². The molecule has 0 heterocycles. The Kier molecular flexibility index (Phi) is 5.63. The van der Waals surface area contributed by atoms with E-state index in [0.29, 0.717) is 6.10 Å². The van der Waals surface area contributed by atoms with Crippen molar-refractivity contribution in [2.24, 2.45) is 5.92 Å². The van der Waals surface area contributed by atoms with Gasteiger partial charge < -0.3 is 4.74 Å². The van der Waals surface area contributed by atoms with Crippen LogP contribution in [-0.2, 0) is 4.74 Å². The van der Waals surface area contributed by atoms with Gasteiger partial charge >= 0.3 is 0 Å². The lowest BCUT2D eigenvalue weighted by Crippen LogP contribution is -2.28. The molecule has 0 bridgehead atoms. The Morgan fingerprint density at radius 2 is 2.00 bits per heavy atom. The summed E-state index contributed by atoms with van der Waals surface area (Å²) >= 11 is 2.55. The minimum Gasteiger partial charge on any atom is -0.377 e. The molecule has 0 N–H and O–H groups in total. The Balaban J connectivity index is 2.11. The summed E-state index contributed by atoms with van der Waals surface area (Å²) in [4.78, 5) is 0. The van der Waals surface area contributed by atoms with Crippen molar-refractivity contribution < 1.29 is 4.74 Å². The number of hydrogen-bond donors (Lipinski definition) is 0. The van der Waals surface area contributed by atoms with Crippen molar-refractivity contribution in [1.82, 2.24) is 0 Å². The Morgan fingerprint density at radius 1 is 1.31 bits per heavy atom. The molecule has 1 aliphatic rings. The molecule has 0 aromatic rings. The summed E-state index contributed by atoms with van der Waals surface area (Å²) in [6.45, 7) is 5.47. The van der Waals surface area contributed by atoms with E-state index >= 15 is 0 Å². The Hall–Kier alpha value is 0.690. The molecule has 2 heteroatoms. The second-order valence-electron chi connectivity index (χ2n) is 4.39. The molecule has 1 rings (SSSR count). The third-order valence-electron chi connectivity index (χ3n) is 2.65. The maximum Gasteiger partial charge on any atom is 0.0692 e. The maximum absolute atomic E-state index is 5.90. The highest BCUT2D eigenvalue weighted by Gasteiger charge is 2.22. The van der Waals surface area contributed by atoms with E-state index < -0.39 is 0 Å². The predicted molar refractivity (Wildman–Crippen MR) is 65.5 cm³/mol. The Morgan fingerprint density at radius 3 is 2.62 bits per heavy atom. The van der Waals surface area contributed by atoms with Crippen LogP contribution in [0.2, 0.25) is 0 Å². The van der Waals surface area contributed by atoms with Gasteiger partial charge in [0, 0.05) is 10.5 Å². The molecule has 1 fully saturated rings. The molecule has 78 valence electrons. The topological polar surface area (TPSA) is 9.23 Å². The third kappa shape index (κ3) is 4.63. The van der Waals surface area contributed by atoms with Gasteiger partial charge in [0.2, 0.25) is 0 Å². The van der Waals surface area contributed by atoms with Gasteiger partial charge in [-0.1, -0.05) is 49.3 Å². The van der Waals surface area contributed by atoms with E-state index in [4.69, 9.17) is 4.74 Å². The van der Waals surface area contributed by atoms with Crippen LogP contribution in [0.25, 0.3) is 0 Å². The summed E-state index contributed by atoms with van der Waals surface area (Å²) in [6.07, 6.45) is 7.16. The molecule has 13 heavy (non-hydrogen) atoms. The highest BCUT2D eigenvalue weighted by atomic mass is 127. The average Bonchev–Trinajstić information content (AvgIpc) is 2.08. The molecule has 1 saturated carbocycles. The van der Waals surface area contributed by atoms with E-state index in [0.717, 1.165) is 16.4 Å². The molecule has 0 spiro atoms. The van der Waals surface area contributed by atoms with Crippen molar-refractivity contribution in [3.63, 3.8) is 0 Å². The Labute approximate surface area is 95.8 Å². The first-order valence-electron chi connectivity index (χ1n) is 5.46. The average molecular weight is 296 g/mol. The molecule has 0 amide bonds. The zero-order chi connectivity index (χ0) is 9.68. The number of halogens is 1. The fourth-order valence-corrected chi connectivity index (χ4v) is 2.70. The minimum absolute atomic E-state index is 0.549. The van der Waals surface area contributed by atoms with Crippen molar-refractivity contribution in [2.45, 2.75) is 56.0 Å². The van der Waals surface area contributed by atoms with E-state index in [1.165, 1.54) is 32.1 Å². The van der Waals surface area contributed by atoms with Gasteiger partial charge in [-0.15, -0.1) is 0 Å². The molecule has 0 aliphatic heterocycles. The van der Waals surface area contributed by atoms with E-state index in [-0.39, 0.29) is 0 Å². The van der Waals surface area contributed by atoms with Gasteiger partial charge in [0.05, 0.1) is 6.10 Å². The molecule has 0 aromatic carbocycles. The van der Waals surface area contributed by atoms with Crippen LogP contribution >= 0.6 is 22.6 Å². The van der Waals surface area contributed by atoms with Crippen molar-refractivity contribution in [3.05, 3.63) is 0 Å². The fraction of sp³-hybridized carbons (Fsp3) is 1.00. The molecule has 1 aliphatic carbocycles. The molecule has 0 saturated heterocycles. The largest absolute Gasteiger partial charge is 0.377 e. The minimum atomic E-state index is 0.549. The van der Waals surface area contributed by atoms with Crippen LogP contribution < -0.4 is 0 Å². The van der Waals surface area contributed by atoms with Crippen molar-refractivity contribution in [3.8, 4) is 0 Å². The van der Waals surface area contributed by atoms with Crippen LogP contribution in [0, 0.1) is 5.92 Å². The summed E-state index contributed by atoms with van der Waals surface area (Å²) < 4.78 is 6.66. The van der Waals surface area contributed by atoms with E-state index in [1.54, 1.807) is 0 Å². The molecule has 2 unspecified atom stereocenters. The number of alkyl halides is 1. The van der Waals surface area contributed by atoms with Gasteiger partial charge in [-0.2, -0.15) is 0 Å². The molecular formula is C11H21IO. The van der Waals surface area contributed by atoms with Crippen LogP contribution in [0.3, 0.4) is 0 Å². The lowest BCUT2D eigenvalue weighted by Gasteiger charge is -2.27.